The molecule has 0 saturated carbocycles. The van der Waals surface area contributed by atoms with Gasteiger partial charge in [-0.1, -0.05) is 0 Å². The number of nitrogens with one attached hydrogen (secondary N) is 1. The van der Waals surface area contributed by atoms with Gasteiger partial charge in [-0.25, -0.2) is 8.42 Å². The number of aryl methyl sites for hydroxylation is 1. The lowest BCUT2D eigenvalue weighted by Gasteiger charge is -2.32. The van der Waals surface area contributed by atoms with Gasteiger partial charge in [-0.2, -0.15) is 9.40 Å². The Morgan fingerprint density at radius 3 is 2.72 bits per heavy atom. The van der Waals surface area contributed by atoms with Gasteiger partial charge in [-0.05, 0) is 37.5 Å². The van der Waals surface area contributed by atoms with E-state index in [-0.39, 0.29) is 10.8 Å². The van der Waals surface area contributed by atoms with Crippen LogP contribution >= 0.6 is 0 Å². The number of hydrogen-bond donors (Lipinski definition) is 1. The Bertz CT molecular complexity index is 847. The first-order chi connectivity index (χ1) is 12.0. The summed E-state index contributed by atoms with van der Waals surface area (Å²) in [5, 5.41) is 7.07. The molecule has 0 radical (unpaired) electrons. The molecule has 1 saturated heterocycles. The van der Waals surface area contributed by atoms with Crippen LogP contribution in [0.3, 0.4) is 0 Å². The maximum absolute atomic E-state index is 13.2. The largest absolute Gasteiger partial charge is 0.497 e. The summed E-state index contributed by atoms with van der Waals surface area (Å²) in [5.74, 6) is 0.917. The van der Waals surface area contributed by atoms with Crippen molar-refractivity contribution in [3.63, 3.8) is 0 Å². The van der Waals surface area contributed by atoms with Gasteiger partial charge >= 0.3 is 0 Å². The van der Waals surface area contributed by atoms with Crippen molar-refractivity contribution in [2.45, 2.75) is 30.6 Å². The van der Waals surface area contributed by atoms with E-state index in [0.717, 1.165) is 24.1 Å². The maximum atomic E-state index is 13.2. The van der Waals surface area contributed by atoms with Gasteiger partial charge in [0.1, 0.15) is 16.4 Å². The second-order valence-corrected chi connectivity index (χ2v) is 8.09. The molecule has 8 heteroatoms. The van der Waals surface area contributed by atoms with E-state index in [1.165, 1.54) is 24.6 Å². The molecule has 2 heterocycles. The Hall–Kier alpha value is -2.06. The van der Waals surface area contributed by atoms with Crippen LogP contribution in [0, 0.1) is 6.92 Å². The molecule has 1 aliphatic heterocycles. The molecule has 1 aromatic carbocycles. The van der Waals surface area contributed by atoms with Crippen LogP contribution in [0.1, 0.15) is 30.0 Å². The minimum Gasteiger partial charge on any atom is -0.497 e. The number of H-pyrrole nitrogens is 1. The third kappa shape index (κ3) is 3.36. The number of nitrogens with zero attached hydrogens (tertiary/aromatic N) is 2. The number of piperidine rings is 1. The van der Waals surface area contributed by atoms with Crippen molar-refractivity contribution in [2.75, 3.05) is 27.3 Å². The highest BCUT2D eigenvalue weighted by atomic mass is 32.2. The van der Waals surface area contributed by atoms with Crippen molar-refractivity contribution in [1.29, 1.82) is 0 Å². The lowest BCUT2D eigenvalue weighted by molar-refractivity contribution is 0.309. The van der Waals surface area contributed by atoms with Crippen molar-refractivity contribution in [3.05, 3.63) is 35.7 Å². The molecule has 1 aromatic heterocycles. The van der Waals surface area contributed by atoms with Crippen molar-refractivity contribution >= 4 is 10.0 Å². The number of sulfonamides is 1. The van der Waals surface area contributed by atoms with Crippen LogP contribution in [0.5, 0.6) is 11.5 Å². The van der Waals surface area contributed by atoms with Crippen molar-refractivity contribution < 1.29 is 17.9 Å². The Morgan fingerprint density at radius 2 is 2.08 bits per heavy atom. The van der Waals surface area contributed by atoms with E-state index >= 15 is 0 Å². The zero-order valence-corrected chi connectivity index (χ0v) is 15.5. The van der Waals surface area contributed by atoms with Gasteiger partial charge in [0.05, 0.1) is 20.4 Å². The topological polar surface area (TPSA) is 84.5 Å². The van der Waals surface area contributed by atoms with E-state index in [4.69, 9.17) is 9.47 Å². The fourth-order valence-corrected chi connectivity index (χ4v) is 4.99. The van der Waals surface area contributed by atoms with Gasteiger partial charge in [0.2, 0.25) is 10.0 Å². The Labute approximate surface area is 148 Å². The first kappa shape index (κ1) is 17.8. The van der Waals surface area contributed by atoms with Crippen molar-refractivity contribution in [3.8, 4) is 11.5 Å². The molecule has 0 spiro atoms. The third-order valence-electron chi connectivity index (χ3n) is 4.65. The normalized spacial score (nSPS) is 18.9. The Balaban J connectivity index is 1.93. The van der Waals surface area contributed by atoms with Crippen LogP contribution in [-0.4, -0.2) is 50.2 Å². The molecule has 0 aliphatic carbocycles. The summed E-state index contributed by atoms with van der Waals surface area (Å²) in [6.07, 6.45) is 3.51. The fraction of sp³-hybridized carbons (Fsp3) is 0.471. The highest BCUT2D eigenvalue weighted by Gasteiger charge is 2.34. The summed E-state index contributed by atoms with van der Waals surface area (Å²) in [6.45, 7) is 2.90. The highest BCUT2D eigenvalue weighted by Crippen LogP contribution is 2.35. The highest BCUT2D eigenvalue weighted by molar-refractivity contribution is 7.89. The number of rotatable bonds is 5. The van der Waals surface area contributed by atoms with Crippen LogP contribution in [0.25, 0.3) is 0 Å². The lowest BCUT2D eigenvalue weighted by atomic mass is 9.94. The van der Waals surface area contributed by atoms with Gasteiger partial charge in [0, 0.05) is 30.8 Å². The molecular weight excluding hydrogens is 342 g/mol. The van der Waals surface area contributed by atoms with E-state index < -0.39 is 10.0 Å². The van der Waals surface area contributed by atoms with Gasteiger partial charge in [-0.3, -0.25) is 5.10 Å². The number of aromatic amines is 1. The molecule has 1 unspecified atom stereocenters. The average Bonchev–Trinajstić information content (AvgIpc) is 3.07. The van der Waals surface area contributed by atoms with Gasteiger partial charge in [0.15, 0.2) is 0 Å². The summed E-state index contributed by atoms with van der Waals surface area (Å²) in [5.41, 5.74) is 2.07. The number of benzene rings is 1. The lowest BCUT2D eigenvalue weighted by Crippen LogP contribution is -2.39. The minimum absolute atomic E-state index is 0.114. The smallest absolute Gasteiger partial charge is 0.246 e. The Kier molecular flexibility index (Phi) is 5.01. The van der Waals surface area contributed by atoms with E-state index in [1.807, 2.05) is 6.92 Å². The summed E-state index contributed by atoms with van der Waals surface area (Å²) >= 11 is 0. The molecule has 7 nitrogen and oxygen atoms in total. The molecule has 3 rings (SSSR count). The van der Waals surface area contributed by atoms with Crippen molar-refractivity contribution in [2.24, 2.45) is 0 Å². The molecular formula is C17H23N3O4S. The van der Waals surface area contributed by atoms with Crippen LogP contribution < -0.4 is 9.47 Å². The SMILES string of the molecule is COc1ccc(OC)c(S(=O)(=O)N2CCCC(c3[nH]ncc3C)C2)c1. The molecule has 1 aliphatic rings. The summed E-state index contributed by atoms with van der Waals surface area (Å²) < 4.78 is 38.4. The number of hydrogen-bond acceptors (Lipinski definition) is 5. The molecule has 1 fully saturated rings. The third-order valence-corrected chi connectivity index (χ3v) is 6.54. The van der Waals surface area contributed by atoms with Gasteiger partial charge in [0.25, 0.3) is 0 Å². The quantitative estimate of drug-likeness (QED) is 0.879. The van der Waals surface area contributed by atoms with Crippen LogP contribution in [0.4, 0.5) is 0 Å². The zero-order valence-electron chi connectivity index (χ0n) is 14.7. The van der Waals surface area contributed by atoms with E-state index in [1.54, 1.807) is 18.3 Å². The van der Waals surface area contributed by atoms with E-state index in [9.17, 15) is 8.42 Å². The first-order valence-electron chi connectivity index (χ1n) is 8.19. The standard InChI is InChI=1S/C17H23N3O4S/c1-12-10-18-19-17(12)13-5-4-8-20(11-13)25(21,22)16-9-14(23-2)6-7-15(16)24-3/h6-7,9-10,13H,4-5,8,11H2,1-3H3,(H,18,19). The van der Waals surface area contributed by atoms with E-state index in [0.29, 0.717) is 24.6 Å². The molecule has 136 valence electrons. The molecule has 1 N–H and O–H groups in total. The summed E-state index contributed by atoms with van der Waals surface area (Å²) in [4.78, 5) is 0.135. The molecule has 0 bridgehead atoms. The molecule has 0 amide bonds. The van der Waals surface area contributed by atoms with Gasteiger partial charge in [-0.15, -0.1) is 0 Å². The Morgan fingerprint density at radius 1 is 1.28 bits per heavy atom. The van der Waals surface area contributed by atoms with Crippen LogP contribution in [0.15, 0.2) is 29.3 Å². The summed E-state index contributed by atoms with van der Waals surface area (Å²) in [6, 6.07) is 4.82. The van der Waals surface area contributed by atoms with Crippen molar-refractivity contribution in [1.82, 2.24) is 14.5 Å². The van der Waals surface area contributed by atoms with E-state index in [2.05, 4.69) is 10.2 Å². The predicted molar refractivity (Wildman–Crippen MR) is 93.6 cm³/mol. The molecule has 2 aromatic rings. The monoisotopic (exact) mass is 365 g/mol. The minimum atomic E-state index is -3.68. The van der Waals surface area contributed by atoms with Crippen LogP contribution in [-0.2, 0) is 10.0 Å². The molecule has 25 heavy (non-hydrogen) atoms. The number of methoxy groups -OCH3 is 2. The number of ether oxygens (including phenoxy) is 2. The second-order valence-electron chi connectivity index (χ2n) is 6.19. The summed E-state index contributed by atoms with van der Waals surface area (Å²) in [7, 11) is -0.704. The molecule has 1 atom stereocenters. The number of aromatic nitrogens is 2. The fourth-order valence-electron chi connectivity index (χ4n) is 3.29. The van der Waals surface area contributed by atoms with Gasteiger partial charge < -0.3 is 9.47 Å². The second kappa shape index (κ2) is 7.05. The zero-order chi connectivity index (χ0) is 18.0. The maximum Gasteiger partial charge on any atom is 0.246 e. The predicted octanol–water partition coefficient (Wildman–Crippen LogP) is 2.30. The average molecular weight is 365 g/mol. The first-order valence-corrected chi connectivity index (χ1v) is 9.63. The van der Waals surface area contributed by atoms with Crippen LogP contribution in [0.2, 0.25) is 0 Å².